The zero-order valence-electron chi connectivity index (χ0n) is 18.4. The number of ether oxygens (including phenoxy) is 1. The van der Waals surface area contributed by atoms with Crippen LogP contribution in [0, 0.1) is 11.7 Å². The van der Waals surface area contributed by atoms with E-state index in [0.29, 0.717) is 18.4 Å². The number of benzene rings is 2. The Morgan fingerprint density at radius 2 is 1.97 bits per heavy atom. The van der Waals surface area contributed by atoms with Crippen molar-refractivity contribution in [1.29, 1.82) is 0 Å². The summed E-state index contributed by atoms with van der Waals surface area (Å²) in [6.07, 6.45) is 0.987. The van der Waals surface area contributed by atoms with Gasteiger partial charge in [0.15, 0.2) is 18.2 Å². The lowest BCUT2D eigenvalue weighted by Gasteiger charge is -2.38. The van der Waals surface area contributed by atoms with E-state index in [9.17, 15) is 27.2 Å². The summed E-state index contributed by atoms with van der Waals surface area (Å²) in [5.74, 6) is -4.42. The standard InChI is InChI=1S/C23H22FN3O6S/c1-3-8-23(2)15-6-4-12(24)9-14(15)20(29)19(21(23)30)22-26-16-7-5-13(33-11-18(25)28)10-17(16)34(31,32)27-22/h4-7,9-10,19H,3,8,11H2,1-2H3,(H2,25,28)(H,26,27). The second-order valence-electron chi connectivity index (χ2n) is 8.42. The minimum absolute atomic E-state index is 0.0310. The normalized spacial score (nSPS) is 22.8. The van der Waals surface area contributed by atoms with E-state index in [-0.39, 0.29) is 27.7 Å². The molecule has 1 heterocycles. The predicted molar refractivity (Wildman–Crippen MR) is 121 cm³/mol. The second-order valence-corrected chi connectivity index (χ2v) is 10.00. The lowest BCUT2D eigenvalue weighted by molar-refractivity contribution is -0.125. The summed E-state index contributed by atoms with van der Waals surface area (Å²) >= 11 is 0. The first-order valence-corrected chi connectivity index (χ1v) is 12.0. The molecule has 2 atom stereocenters. The maximum absolute atomic E-state index is 14.0. The molecule has 0 saturated carbocycles. The monoisotopic (exact) mass is 487 g/mol. The fourth-order valence-electron chi connectivity index (χ4n) is 4.46. The molecule has 11 heteroatoms. The van der Waals surface area contributed by atoms with Gasteiger partial charge in [0.1, 0.15) is 28.2 Å². The van der Waals surface area contributed by atoms with E-state index in [1.165, 1.54) is 24.3 Å². The molecule has 2 aliphatic rings. The van der Waals surface area contributed by atoms with Gasteiger partial charge in [-0.05, 0) is 43.2 Å². The van der Waals surface area contributed by atoms with Crippen LogP contribution in [0.3, 0.4) is 0 Å². The molecule has 1 aliphatic heterocycles. The number of hydrogen-bond donors (Lipinski definition) is 2. The molecule has 0 spiro atoms. The Hall–Kier alpha value is -3.60. The summed E-state index contributed by atoms with van der Waals surface area (Å²) in [7, 11) is -4.33. The van der Waals surface area contributed by atoms with Crippen molar-refractivity contribution < 1.29 is 31.9 Å². The van der Waals surface area contributed by atoms with Crippen molar-refractivity contribution in [2.45, 2.75) is 37.0 Å². The van der Waals surface area contributed by atoms with Gasteiger partial charge < -0.3 is 15.8 Å². The van der Waals surface area contributed by atoms with Crippen LogP contribution in [0.25, 0.3) is 0 Å². The van der Waals surface area contributed by atoms with Crippen LogP contribution >= 0.6 is 0 Å². The van der Waals surface area contributed by atoms with Crippen LogP contribution in [0.4, 0.5) is 10.1 Å². The number of Topliss-reactive ketones (excluding diaryl/α,β-unsaturated/α-hetero) is 2. The van der Waals surface area contributed by atoms with Crippen LogP contribution < -0.4 is 15.8 Å². The molecule has 0 radical (unpaired) electrons. The Balaban J connectivity index is 1.79. The average molecular weight is 488 g/mol. The average Bonchev–Trinajstić information content (AvgIpc) is 2.76. The lowest BCUT2D eigenvalue weighted by atomic mass is 9.63. The van der Waals surface area contributed by atoms with Gasteiger partial charge in [-0.25, -0.2) is 4.39 Å². The Kier molecular flexibility index (Phi) is 5.76. The molecule has 2 aromatic rings. The van der Waals surface area contributed by atoms with E-state index >= 15 is 0 Å². The number of amides is 1. The van der Waals surface area contributed by atoms with E-state index in [0.717, 1.165) is 12.1 Å². The highest BCUT2D eigenvalue weighted by Crippen LogP contribution is 2.42. The smallest absolute Gasteiger partial charge is 0.286 e. The van der Waals surface area contributed by atoms with Gasteiger partial charge in [0.05, 0.1) is 11.1 Å². The third kappa shape index (κ3) is 3.85. The molecule has 9 nitrogen and oxygen atoms in total. The van der Waals surface area contributed by atoms with Gasteiger partial charge in [-0.1, -0.05) is 19.4 Å². The summed E-state index contributed by atoms with van der Waals surface area (Å²) in [6.45, 7) is 3.10. The molecule has 0 aromatic heterocycles. The van der Waals surface area contributed by atoms with Crippen molar-refractivity contribution in [1.82, 2.24) is 0 Å². The number of nitrogens with two attached hydrogens (primary N) is 1. The van der Waals surface area contributed by atoms with Crippen molar-refractivity contribution >= 4 is 39.0 Å². The van der Waals surface area contributed by atoms with E-state index in [4.69, 9.17) is 10.5 Å². The number of nitrogens with zero attached hydrogens (tertiary/aromatic N) is 1. The number of hydrogen-bond acceptors (Lipinski definition) is 7. The van der Waals surface area contributed by atoms with Crippen LogP contribution in [0.15, 0.2) is 45.7 Å². The minimum Gasteiger partial charge on any atom is -0.484 e. The third-order valence-corrected chi connectivity index (χ3v) is 7.36. The van der Waals surface area contributed by atoms with Gasteiger partial charge in [-0.2, -0.15) is 8.42 Å². The molecular formula is C23H22FN3O6S. The highest BCUT2D eigenvalue weighted by atomic mass is 32.2. The number of anilines is 1. The van der Waals surface area contributed by atoms with Crippen molar-refractivity contribution in [2.24, 2.45) is 16.0 Å². The molecule has 178 valence electrons. The maximum atomic E-state index is 14.0. The summed E-state index contributed by atoms with van der Waals surface area (Å²) in [4.78, 5) is 37.6. The fraction of sp³-hybridized carbons (Fsp3) is 0.304. The van der Waals surface area contributed by atoms with Gasteiger partial charge in [0.25, 0.3) is 15.9 Å². The van der Waals surface area contributed by atoms with Crippen molar-refractivity contribution in [3.05, 3.63) is 53.3 Å². The van der Waals surface area contributed by atoms with Crippen molar-refractivity contribution in [3.8, 4) is 5.75 Å². The number of rotatable bonds is 6. The molecule has 3 N–H and O–H groups in total. The number of nitrogens with one attached hydrogen (secondary N) is 1. The highest BCUT2D eigenvalue weighted by molar-refractivity contribution is 7.90. The van der Waals surface area contributed by atoms with Gasteiger partial charge in [-0.3, -0.25) is 14.4 Å². The quantitative estimate of drug-likeness (QED) is 0.595. The molecule has 34 heavy (non-hydrogen) atoms. The maximum Gasteiger partial charge on any atom is 0.286 e. The molecule has 0 saturated heterocycles. The highest BCUT2D eigenvalue weighted by Gasteiger charge is 2.51. The van der Waals surface area contributed by atoms with Gasteiger partial charge >= 0.3 is 0 Å². The molecule has 0 fully saturated rings. The minimum atomic E-state index is -4.33. The summed E-state index contributed by atoms with van der Waals surface area (Å²) in [5, 5.41) is 2.79. The van der Waals surface area contributed by atoms with Crippen molar-refractivity contribution in [3.63, 3.8) is 0 Å². The summed E-state index contributed by atoms with van der Waals surface area (Å²) in [5.41, 5.74) is 4.44. The van der Waals surface area contributed by atoms with Gasteiger partial charge in [-0.15, -0.1) is 4.40 Å². The number of ketones is 2. The van der Waals surface area contributed by atoms with Crippen LogP contribution in [0.1, 0.15) is 42.6 Å². The molecule has 4 rings (SSSR count). The number of primary amides is 1. The Bertz CT molecular complexity index is 1370. The SMILES string of the molecule is CCCC1(C)C(=O)C(C2=NS(=O)(=O)c3cc(OCC(N)=O)ccc3N2)C(=O)c2cc(F)ccc21. The van der Waals surface area contributed by atoms with E-state index in [1.807, 2.05) is 6.92 Å². The van der Waals surface area contributed by atoms with Gasteiger partial charge in [0, 0.05) is 11.6 Å². The lowest BCUT2D eigenvalue weighted by Crippen LogP contribution is -2.51. The van der Waals surface area contributed by atoms with Crippen LogP contribution in [-0.2, 0) is 25.0 Å². The number of halogens is 1. The van der Waals surface area contributed by atoms with Gasteiger partial charge in [0.2, 0.25) is 0 Å². The third-order valence-electron chi connectivity index (χ3n) is 6.03. The van der Waals surface area contributed by atoms with Crippen LogP contribution in [0.5, 0.6) is 5.75 Å². The second kappa shape index (κ2) is 8.32. The first-order valence-electron chi connectivity index (χ1n) is 10.5. The van der Waals surface area contributed by atoms with E-state index in [2.05, 4.69) is 9.71 Å². The van der Waals surface area contributed by atoms with Crippen molar-refractivity contribution in [2.75, 3.05) is 11.9 Å². The van der Waals surface area contributed by atoms with E-state index in [1.54, 1.807) is 6.92 Å². The molecule has 2 unspecified atom stereocenters. The molecule has 2 aromatic carbocycles. The fourth-order valence-corrected chi connectivity index (χ4v) is 5.63. The molecular weight excluding hydrogens is 465 g/mol. The number of carbonyl (C=O) groups is 3. The molecule has 1 aliphatic carbocycles. The first-order chi connectivity index (χ1) is 16.0. The van der Waals surface area contributed by atoms with Crippen LogP contribution in [-0.4, -0.2) is 38.3 Å². The van der Waals surface area contributed by atoms with Crippen LogP contribution in [0.2, 0.25) is 0 Å². The Morgan fingerprint density at radius 1 is 1.24 bits per heavy atom. The number of amidine groups is 1. The largest absolute Gasteiger partial charge is 0.484 e. The number of fused-ring (bicyclic) bond motifs is 2. The van der Waals surface area contributed by atoms with E-state index < -0.39 is 51.3 Å². The number of carbonyl (C=O) groups excluding carboxylic acids is 3. The first kappa shape index (κ1) is 23.6. The molecule has 1 amide bonds. The zero-order chi connectivity index (χ0) is 24.8. The molecule has 0 bridgehead atoms. The Morgan fingerprint density at radius 3 is 2.65 bits per heavy atom. The topological polar surface area (TPSA) is 145 Å². The number of sulfonamides is 1. The Labute approximate surface area is 195 Å². The summed E-state index contributed by atoms with van der Waals surface area (Å²) < 4.78 is 48.8. The predicted octanol–water partition coefficient (Wildman–Crippen LogP) is 2.34. The summed E-state index contributed by atoms with van der Waals surface area (Å²) in [6, 6.07) is 7.64. The zero-order valence-corrected chi connectivity index (χ0v) is 19.2.